The number of ether oxygens (including phenoxy) is 1. The van der Waals surface area contributed by atoms with Crippen LogP contribution in [-0.2, 0) is 24.1 Å². The van der Waals surface area contributed by atoms with E-state index in [1.807, 2.05) is 16.9 Å². The first-order valence-corrected chi connectivity index (χ1v) is 9.95. The van der Waals surface area contributed by atoms with Crippen molar-refractivity contribution in [3.05, 3.63) is 59.4 Å². The first-order valence-electron chi connectivity index (χ1n) is 9.95. The van der Waals surface area contributed by atoms with Crippen molar-refractivity contribution in [1.29, 1.82) is 0 Å². The molecule has 6 heteroatoms. The van der Waals surface area contributed by atoms with Crippen molar-refractivity contribution in [2.45, 2.75) is 19.4 Å². The first-order chi connectivity index (χ1) is 13.8. The Morgan fingerprint density at radius 3 is 2.75 bits per heavy atom. The first kappa shape index (κ1) is 17.4. The molecule has 2 aliphatic rings. The lowest BCUT2D eigenvalue weighted by atomic mass is 10.0. The molecule has 144 valence electrons. The molecule has 5 rings (SSSR count). The van der Waals surface area contributed by atoms with Crippen molar-refractivity contribution in [2.75, 3.05) is 38.2 Å². The van der Waals surface area contributed by atoms with Crippen molar-refractivity contribution in [2.24, 2.45) is 0 Å². The van der Waals surface area contributed by atoms with Crippen LogP contribution in [0, 0.1) is 0 Å². The van der Waals surface area contributed by atoms with Crippen LogP contribution in [0.1, 0.15) is 21.5 Å². The van der Waals surface area contributed by atoms with Gasteiger partial charge in [-0.2, -0.15) is 5.10 Å². The summed E-state index contributed by atoms with van der Waals surface area (Å²) >= 11 is 0. The van der Waals surface area contributed by atoms with E-state index >= 15 is 0 Å². The molecule has 0 spiro atoms. The van der Waals surface area contributed by atoms with Gasteiger partial charge in [-0.05, 0) is 35.4 Å². The maximum Gasteiger partial charge on any atom is 0.258 e. The van der Waals surface area contributed by atoms with E-state index in [1.54, 1.807) is 6.20 Å². The molecule has 0 unspecified atom stereocenters. The number of morpholine rings is 1. The van der Waals surface area contributed by atoms with Gasteiger partial charge in [0.15, 0.2) is 0 Å². The average Bonchev–Trinajstić information content (AvgIpc) is 3.38. The zero-order chi connectivity index (χ0) is 18.9. The van der Waals surface area contributed by atoms with E-state index in [9.17, 15) is 4.79 Å². The third kappa shape index (κ3) is 3.30. The zero-order valence-electron chi connectivity index (χ0n) is 15.9. The number of benzene rings is 2. The summed E-state index contributed by atoms with van der Waals surface area (Å²) in [6.07, 6.45) is 5.64. The summed E-state index contributed by atoms with van der Waals surface area (Å²) in [4.78, 5) is 15.1. The molecule has 0 atom stereocenters. The molecule has 1 aliphatic heterocycles. The van der Waals surface area contributed by atoms with Gasteiger partial charge >= 0.3 is 0 Å². The number of hydrogen-bond donors (Lipinski definition) is 1. The summed E-state index contributed by atoms with van der Waals surface area (Å²) in [6, 6.07) is 10.5. The van der Waals surface area contributed by atoms with Crippen LogP contribution in [0.2, 0.25) is 0 Å². The minimum Gasteiger partial charge on any atom is -0.379 e. The zero-order valence-corrected chi connectivity index (χ0v) is 15.9. The van der Waals surface area contributed by atoms with E-state index in [0.29, 0.717) is 5.56 Å². The van der Waals surface area contributed by atoms with Gasteiger partial charge in [0.2, 0.25) is 0 Å². The molecule has 2 aromatic carbocycles. The topological polar surface area (TPSA) is 59.4 Å². The van der Waals surface area contributed by atoms with Crippen LogP contribution >= 0.6 is 0 Å². The molecular formula is C22H24N4O2. The Hall–Kier alpha value is -2.70. The van der Waals surface area contributed by atoms with Gasteiger partial charge in [-0.25, -0.2) is 0 Å². The van der Waals surface area contributed by atoms with Crippen LogP contribution < -0.4 is 5.32 Å². The van der Waals surface area contributed by atoms with Gasteiger partial charge in [-0.3, -0.25) is 14.4 Å². The monoisotopic (exact) mass is 376 g/mol. The predicted molar refractivity (Wildman–Crippen MR) is 109 cm³/mol. The second kappa shape index (κ2) is 7.37. The van der Waals surface area contributed by atoms with Gasteiger partial charge < -0.3 is 10.1 Å². The number of nitrogens with one attached hydrogen (secondary N) is 1. The van der Waals surface area contributed by atoms with E-state index in [4.69, 9.17) is 4.74 Å². The summed E-state index contributed by atoms with van der Waals surface area (Å²) in [5.41, 5.74) is 4.21. The molecule has 28 heavy (non-hydrogen) atoms. The standard InChI is InChI=1S/C22H24N4O2/c27-22(18-14-23-26(15-18)9-8-25-10-12-28-13-11-25)24-20-7-6-17-5-4-16-2-1-3-19(20)21(16)17/h1-3,6-7,14-15H,4-5,8-13H2,(H,24,27). The lowest BCUT2D eigenvalue weighted by molar-refractivity contribution is 0.0360. The predicted octanol–water partition coefficient (Wildman–Crippen LogP) is 2.72. The Morgan fingerprint density at radius 1 is 1.07 bits per heavy atom. The smallest absolute Gasteiger partial charge is 0.258 e. The van der Waals surface area contributed by atoms with Gasteiger partial charge in [0.05, 0.1) is 31.5 Å². The fourth-order valence-electron chi connectivity index (χ4n) is 4.22. The number of carbonyl (C=O) groups is 1. The number of anilines is 1. The van der Waals surface area contributed by atoms with E-state index in [-0.39, 0.29) is 5.91 Å². The molecule has 2 heterocycles. The summed E-state index contributed by atoms with van der Waals surface area (Å²) in [5.74, 6) is -0.115. The molecule has 0 radical (unpaired) electrons. The summed E-state index contributed by atoms with van der Waals surface area (Å²) in [5, 5.41) is 9.88. The number of aromatic nitrogens is 2. The van der Waals surface area contributed by atoms with E-state index in [0.717, 1.165) is 63.3 Å². The number of aryl methyl sites for hydroxylation is 2. The van der Waals surface area contributed by atoms with E-state index < -0.39 is 0 Å². The molecule has 1 saturated heterocycles. The lowest BCUT2D eigenvalue weighted by Crippen LogP contribution is -2.38. The van der Waals surface area contributed by atoms with Crippen LogP contribution in [0.5, 0.6) is 0 Å². The molecule has 1 N–H and O–H groups in total. The van der Waals surface area contributed by atoms with E-state index in [1.165, 1.54) is 16.5 Å². The fraction of sp³-hybridized carbons (Fsp3) is 0.364. The Labute approximate surface area is 164 Å². The maximum absolute atomic E-state index is 12.8. The number of rotatable bonds is 5. The largest absolute Gasteiger partial charge is 0.379 e. The third-order valence-corrected chi connectivity index (χ3v) is 5.77. The normalized spacial score (nSPS) is 16.6. The average molecular weight is 376 g/mol. The highest BCUT2D eigenvalue weighted by Crippen LogP contribution is 2.35. The highest BCUT2D eigenvalue weighted by molar-refractivity contribution is 6.10. The summed E-state index contributed by atoms with van der Waals surface area (Å²) < 4.78 is 7.22. The SMILES string of the molecule is O=C(Nc1ccc2c3c(cccc13)CC2)c1cnn(CCN2CCOCC2)c1. The van der Waals surface area contributed by atoms with Gasteiger partial charge in [-0.15, -0.1) is 0 Å². The van der Waals surface area contributed by atoms with Crippen molar-refractivity contribution in [1.82, 2.24) is 14.7 Å². The van der Waals surface area contributed by atoms with Crippen LogP contribution in [-0.4, -0.2) is 53.4 Å². The number of nitrogens with zero attached hydrogens (tertiary/aromatic N) is 3. The minimum absolute atomic E-state index is 0.115. The second-order valence-electron chi connectivity index (χ2n) is 7.51. The van der Waals surface area contributed by atoms with Gasteiger partial charge in [-0.1, -0.05) is 24.3 Å². The molecule has 1 aliphatic carbocycles. The molecule has 1 fully saturated rings. The Balaban J connectivity index is 1.29. The highest BCUT2D eigenvalue weighted by Gasteiger charge is 2.18. The second-order valence-corrected chi connectivity index (χ2v) is 7.51. The van der Waals surface area contributed by atoms with Crippen LogP contribution in [0.3, 0.4) is 0 Å². The van der Waals surface area contributed by atoms with Crippen molar-refractivity contribution < 1.29 is 9.53 Å². The van der Waals surface area contributed by atoms with Crippen molar-refractivity contribution >= 4 is 22.4 Å². The number of carbonyl (C=O) groups excluding carboxylic acids is 1. The van der Waals surface area contributed by atoms with Crippen LogP contribution in [0.25, 0.3) is 10.8 Å². The molecule has 0 saturated carbocycles. The molecule has 3 aromatic rings. The third-order valence-electron chi connectivity index (χ3n) is 5.77. The minimum atomic E-state index is -0.115. The van der Waals surface area contributed by atoms with Crippen molar-refractivity contribution in [3.63, 3.8) is 0 Å². The van der Waals surface area contributed by atoms with Crippen molar-refractivity contribution in [3.8, 4) is 0 Å². The van der Waals surface area contributed by atoms with Gasteiger partial charge in [0, 0.05) is 36.9 Å². The number of amides is 1. The van der Waals surface area contributed by atoms with Crippen LogP contribution in [0.4, 0.5) is 5.69 Å². The molecule has 6 nitrogen and oxygen atoms in total. The molecule has 1 amide bonds. The fourth-order valence-corrected chi connectivity index (χ4v) is 4.22. The maximum atomic E-state index is 12.8. The van der Waals surface area contributed by atoms with E-state index in [2.05, 4.69) is 39.6 Å². The van der Waals surface area contributed by atoms with Gasteiger partial charge in [0.1, 0.15) is 0 Å². The quantitative estimate of drug-likeness (QED) is 0.744. The Morgan fingerprint density at radius 2 is 1.89 bits per heavy atom. The van der Waals surface area contributed by atoms with Gasteiger partial charge in [0.25, 0.3) is 5.91 Å². The lowest BCUT2D eigenvalue weighted by Gasteiger charge is -2.26. The molecular weight excluding hydrogens is 352 g/mol. The summed E-state index contributed by atoms with van der Waals surface area (Å²) in [6.45, 7) is 5.19. The summed E-state index contributed by atoms with van der Waals surface area (Å²) in [7, 11) is 0. The molecule has 0 bridgehead atoms. The Kier molecular flexibility index (Phi) is 4.58. The van der Waals surface area contributed by atoms with Crippen LogP contribution in [0.15, 0.2) is 42.7 Å². The highest BCUT2D eigenvalue weighted by atomic mass is 16.5. The Bertz CT molecular complexity index is 1010. The number of hydrogen-bond acceptors (Lipinski definition) is 4. The molecule has 1 aromatic heterocycles.